The van der Waals surface area contributed by atoms with Crippen molar-refractivity contribution in [1.29, 1.82) is 0 Å². The number of hydrogen-bond donors (Lipinski definition) is 2. The van der Waals surface area contributed by atoms with E-state index in [2.05, 4.69) is 24.1 Å². The molecule has 2 heterocycles. The summed E-state index contributed by atoms with van der Waals surface area (Å²) in [6.45, 7) is 5.18. The van der Waals surface area contributed by atoms with Gasteiger partial charge in [-0.3, -0.25) is 0 Å². The van der Waals surface area contributed by atoms with E-state index in [0.717, 1.165) is 30.6 Å². The molecule has 1 aromatic rings. The van der Waals surface area contributed by atoms with Crippen molar-refractivity contribution in [3.05, 3.63) is 29.1 Å². The Bertz CT molecular complexity index is 429. The van der Waals surface area contributed by atoms with Crippen LogP contribution >= 0.6 is 0 Å². The second kappa shape index (κ2) is 4.84. The van der Waals surface area contributed by atoms with E-state index in [9.17, 15) is 4.79 Å². The topological polar surface area (TPSA) is 62.2 Å². The zero-order valence-electron chi connectivity index (χ0n) is 10.2. The molecule has 2 rings (SSSR count). The molecule has 0 aromatic carbocycles. The number of nitrogens with one attached hydrogen (secondary N) is 1. The van der Waals surface area contributed by atoms with Crippen LogP contribution in [-0.4, -0.2) is 22.1 Å². The lowest BCUT2D eigenvalue weighted by atomic mass is 9.94. The first kappa shape index (κ1) is 12.0. The van der Waals surface area contributed by atoms with Crippen LogP contribution in [0.5, 0.6) is 0 Å². The van der Waals surface area contributed by atoms with Gasteiger partial charge in [0.25, 0.3) is 0 Å². The van der Waals surface area contributed by atoms with Crippen LogP contribution in [0.4, 0.5) is 0 Å². The van der Waals surface area contributed by atoms with Crippen molar-refractivity contribution in [3.63, 3.8) is 0 Å². The van der Waals surface area contributed by atoms with Gasteiger partial charge < -0.3 is 10.4 Å². The molecular formula is C13H18N2O2. The summed E-state index contributed by atoms with van der Waals surface area (Å²) >= 11 is 0. The highest BCUT2D eigenvalue weighted by atomic mass is 16.4. The Balaban J connectivity index is 2.17. The van der Waals surface area contributed by atoms with Crippen LogP contribution < -0.4 is 5.32 Å². The van der Waals surface area contributed by atoms with E-state index in [0.29, 0.717) is 12.0 Å². The first-order valence-electron chi connectivity index (χ1n) is 6.01. The van der Waals surface area contributed by atoms with Crippen LogP contribution in [0.2, 0.25) is 0 Å². The average molecular weight is 234 g/mol. The predicted molar refractivity (Wildman–Crippen MR) is 65.0 cm³/mol. The predicted octanol–water partition coefficient (Wildman–Crippen LogP) is 1.84. The summed E-state index contributed by atoms with van der Waals surface area (Å²) in [5.41, 5.74) is 2.21. The maximum absolute atomic E-state index is 10.9. The number of carboxylic acid groups (broad SMARTS) is 1. The second-order valence-corrected chi connectivity index (χ2v) is 5.02. The highest BCUT2D eigenvalue weighted by Gasteiger charge is 2.21. The summed E-state index contributed by atoms with van der Waals surface area (Å²) in [6.07, 6.45) is 1.92. The molecule has 1 atom stereocenters. The van der Waals surface area contributed by atoms with Gasteiger partial charge in [-0.2, -0.15) is 0 Å². The van der Waals surface area contributed by atoms with E-state index in [4.69, 9.17) is 5.11 Å². The van der Waals surface area contributed by atoms with Crippen molar-refractivity contribution in [2.45, 2.75) is 39.3 Å². The fourth-order valence-electron chi connectivity index (χ4n) is 2.28. The van der Waals surface area contributed by atoms with Gasteiger partial charge >= 0.3 is 5.97 Å². The Morgan fingerprint density at radius 3 is 3.00 bits per heavy atom. The third-order valence-electron chi connectivity index (χ3n) is 3.06. The molecule has 0 spiro atoms. The van der Waals surface area contributed by atoms with Gasteiger partial charge in [0.05, 0.1) is 0 Å². The van der Waals surface area contributed by atoms with Gasteiger partial charge in [0.15, 0.2) is 0 Å². The summed E-state index contributed by atoms with van der Waals surface area (Å²) in [5, 5.41) is 12.4. The third kappa shape index (κ3) is 2.82. The van der Waals surface area contributed by atoms with Crippen molar-refractivity contribution < 1.29 is 9.90 Å². The molecular weight excluding hydrogens is 216 g/mol. The standard InChI is InChI=1S/C13H18N2O2/c1-8(2)5-10-6-12-9(7-14-10)3-4-11(15-12)13(16)17/h3-4,8,10,14H,5-7H2,1-2H3,(H,16,17). The number of carbonyl (C=O) groups is 1. The highest BCUT2D eigenvalue weighted by molar-refractivity contribution is 5.85. The van der Waals surface area contributed by atoms with Gasteiger partial charge in [-0.05, 0) is 24.0 Å². The molecule has 1 aliphatic heterocycles. The summed E-state index contributed by atoms with van der Waals surface area (Å²) in [4.78, 5) is 15.1. The van der Waals surface area contributed by atoms with Gasteiger partial charge in [0.1, 0.15) is 5.69 Å². The third-order valence-corrected chi connectivity index (χ3v) is 3.06. The first-order valence-corrected chi connectivity index (χ1v) is 6.01. The van der Waals surface area contributed by atoms with Crippen molar-refractivity contribution in [2.75, 3.05) is 0 Å². The molecule has 0 saturated carbocycles. The molecule has 2 N–H and O–H groups in total. The molecule has 92 valence electrons. The Hall–Kier alpha value is -1.42. The average Bonchev–Trinajstić information content (AvgIpc) is 2.27. The largest absolute Gasteiger partial charge is 0.477 e. The molecule has 4 heteroatoms. The molecule has 17 heavy (non-hydrogen) atoms. The monoisotopic (exact) mass is 234 g/mol. The smallest absolute Gasteiger partial charge is 0.354 e. The second-order valence-electron chi connectivity index (χ2n) is 5.02. The quantitative estimate of drug-likeness (QED) is 0.837. The lowest BCUT2D eigenvalue weighted by Crippen LogP contribution is -2.37. The highest BCUT2D eigenvalue weighted by Crippen LogP contribution is 2.19. The van der Waals surface area contributed by atoms with Gasteiger partial charge in [0.2, 0.25) is 0 Å². The number of carboxylic acids is 1. The minimum Gasteiger partial charge on any atom is -0.477 e. The van der Waals surface area contributed by atoms with Crippen LogP contribution in [0.1, 0.15) is 42.0 Å². The lowest BCUT2D eigenvalue weighted by molar-refractivity contribution is 0.0690. The Morgan fingerprint density at radius 2 is 2.35 bits per heavy atom. The van der Waals surface area contributed by atoms with Crippen molar-refractivity contribution in [1.82, 2.24) is 10.3 Å². The van der Waals surface area contributed by atoms with E-state index in [1.807, 2.05) is 6.07 Å². The van der Waals surface area contributed by atoms with Gasteiger partial charge in [-0.25, -0.2) is 9.78 Å². The zero-order valence-corrected chi connectivity index (χ0v) is 10.2. The maximum atomic E-state index is 10.9. The van der Waals surface area contributed by atoms with E-state index in [-0.39, 0.29) is 5.69 Å². The van der Waals surface area contributed by atoms with E-state index in [1.54, 1.807) is 6.07 Å². The fraction of sp³-hybridized carbons (Fsp3) is 0.538. The normalized spacial score (nSPS) is 19.1. The first-order chi connectivity index (χ1) is 8.06. The molecule has 1 aromatic heterocycles. The van der Waals surface area contributed by atoms with Gasteiger partial charge in [0, 0.05) is 24.7 Å². The molecule has 1 aliphatic rings. The maximum Gasteiger partial charge on any atom is 0.354 e. The van der Waals surface area contributed by atoms with Crippen molar-refractivity contribution in [3.8, 4) is 0 Å². The van der Waals surface area contributed by atoms with Crippen LogP contribution in [0.3, 0.4) is 0 Å². The number of fused-ring (bicyclic) bond motifs is 1. The Labute approximate surface area is 101 Å². The molecule has 0 bridgehead atoms. The Morgan fingerprint density at radius 1 is 1.59 bits per heavy atom. The number of rotatable bonds is 3. The number of aromatic carboxylic acids is 1. The summed E-state index contributed by atoms with van der Waals surface area (Å²) in [6, 6.07) is 3.86. The molecule has 0 aliphatic carbocycles. The fourth-order valence-corrected chi connectivity index (χ4v) is 2.28. The van der Waals surface area contributed by atoms with Crippen molar-refractivity contribution in [2.24, 2.45) is 5.92 Å². The number of nitrogens with zero attached hydrogens (tertiary/aromatic N) is 1. The minimum atomic E-state index is -0.952. The minimum absolute atomic E-state index is 0.147. The van der Waals surface area contributed by atoms with Gasteiger partial charge in [-0.15, -0.1) is 0 Å². The van der Waals surface area contributed by atoms with Crippen LogP contribution in [0, 0.1) is 5.92 Å². The van der Waals surface area contributed by atoms with E-state index in [1.165, 1.54) is 0 Å². The summed E-state index contributed by atoms with van der Waals surface area (Å²) < 4.78 is 0. The van der Waals surface area contributed by atoms with Crippen LogP contribution in [-0.2, 0) is 13.0 Å². The molecule has 0 fully saturated rings. The summed E-state index contributed by atoms with van der Waals surface area (Å²) in [5.74, 6) is -0.316. The molecule has 0 radical (unpaired) electrons. The molecule has 4 nitrogen and oxygen atoms in total. The number of hydrogen-bond acceptors (Lipinski definition) is 3. The number of aromatic nitrogens is 1. The van der Waals surface area contributed by atoms with E-state index >= 15 is 0 Å². The molecule has 0 saturated heterocycles. The Kier molecular flexibility index (Phi) is 3.43. The zero-order chi connectivity index (χ0) is 12.4. The summed E-state index contributed by atoms with van der Waals surface area (Å²) in [7, 11) is 0. The number of pyridine rings is 1. The lowest BCUT2D eigenvalue weighted by Gasteiger charge is -2.26. The van der Waals surface area contributed by atoms with Gasteiger partial charge in [-0.1, -0.05) is 19.9 Å². The van der Waals surface area contributed by atoms with Crippen LogP contribution in [0.15, 0.2) is 12.1 Å². The SMILES string of the molecule is CC(C)CC1Cc2nc(C(=O)O)ccc2CN1. The van der Waals surface area contributed by atoms with Crippen molar-refractivity contribution >= 4 is 5.97 Å². The van der Waals surface area contributed by atoms with E-state index < -0.39 is 5.97 Å². The molecule has 0 amide bonds. The van der Waals surface area contributed by atoms with Crippen LogP contribution in [0.25, 0.3) is 0 Å². The molecule has 1 unspecified atom stereocenters.